The zero-order valence-electron chi connectivity index (χ0n) is 15.0. The van der Waals surface area contributed by atoms with Gasteiger partial charge in [0.2, 0.25) is 0 Å². The fraction of sp³-hybridized carbons (Fsp3) is 0.0455. The van der Waals surface area contributed by atoms with Gasteiger partial charge in [-0.15, -0.1) is 11.3 Å². The van der Waals surface area contributed by atoms with Crippen LogP contribution >= 0.6 is 34.5 Å². The zero-order valence-corrected chi connectivity index (χ0v) is 17.3. The van der Waals surface area contributed by atoms with Crippen molar-refractivity contribution >= 4 is 61.9 Å². The van der Waals surface area contributed by atoms with Crippen molar-refractivity contribution in [1.82, 2.24) is 0 Å². The number of carbonyl (C=O) groups excluding carboxylic acids is 1. The molecule has 1 heterocycles. The van der Waals surface area contributed by atoms with E-state index in [1.807, 2.05) is 24.3 Å². The summed E-state index contributed by atoms with van der Waals surface area (Å²) in [6.45, 7) is 0.378. The van der Waals surface area contributed by atoms with E-state index in [9.17, 15) is 9.18 Å². The van der Waals surface area contributed by atoms with Crippen LogP contribution in [0.25, 0.3) is 10.1 Å². The van der Waals surface area contributed by atoms with Crippen LogP contribution in [-0.2, 0) is 6.54 Å². The highest BCUT2D eigenvalue weighted by molar-refractivity contribution is 7.19. The number of rotatable bonds is 5. The van der Waals surface area contributed by atoms with Crippen LogP contribution in [-0.4, -0.2) is 5.91 Å². The Balaban J connectivity index is 1.56. The van der Waals surface area contributed by atoms with Crippen molar-refractivity contribution in [1.29, 1.82) is 0 Å². The Morgan fingerprint density at radius 1 is 1.00 bits per heavy atom. The lowest BCUT2D eigenvalue weighted by atomic mass is 10.1. The second-order valence-electron chi connectivity index (χ2n) is 6.34. The molecule has 0 saturated carbocycles. The molecule has 7 heteroatoms. The van der Waals surface area contributed by atoms with Crippen molar-refractivity contribution in [3.63, 3.8) is 0 Å². The molecule has 0 unspecified atom stereocenters. The Bertz CT molecular complexity index is 1190. The fourth-order valence-electron chi connectivity index (χ4n) is 2.95. The summed E-state index contributed by atoms with van der Waals surface area (Å²) in [5.41, 5.74) is 1.32. The van der Waals surface area contributed by atoms with Gasteiger partial charge in [-0.3, -0.25) is 4.79 Å². The Morgan fingerprint density at radius 3 is 2.52 bits per heavy atom. The van der Waals surface area contributed by atoms with E-state index in [4.69, 9.17) is 23.2 Å². The van der Waals surface area contributed by atoms with E-state index in [0.29, 0.717) is 33.5 Å². The van der Waals surface area contributed by atoms with Crippen LogP contribution in [0.4, 0.5) is 15.8 Å². The number of anilines is 2. The highest BCUT2D eigenvalue weighted by atomic mass is 35.5. The molecule has 0 saturated heterocycles. The van der Waals surface area contributed by atoms with Gasteiger partial charge in [-0.05, 0) is 48.5 Å². The van der Waals surface area contributed by atoms with Gasteiger partial charge in [-0.2, -0.15) is 0 Å². The van der Waals surface area contributed by atoms with Crippen molar-refractivity contribution in [2.45, 2.75) is 6.54 Å². The quantitative estimate of drug-likeness (QED) is 0.341. The van der Waals surface area contributed by atoms with Crippen molar-refractivity contribution in [2.24, 2.45) is 0 Å². The first-order chi connectivity index (χ1) is 14.0. The normalized spacial score (nSPS) is 10.9. The summed E-state index contributed by atoms with van der Waals surface area (Å²) in [7, 11) is 0. The molecule has 146 valence electrons. The van der Waals surface area contributed by atoms with Crippen LogP contribution in [0.3, 0.4) is 0 Å². The Morgan fingerprint density at radius 2 is 1.76 bits per heavy atom. The number of hydrogen-bond acceptors (Lipinski definition) is 3. The molecule has 0 radical (unpaired) electrons. The zero-order chi connectivity index (χ0) is 20.4. The second kappa shape index (κ2) is 8.41. The molecule has 4 aromatic rings. The summed E-state index contributed by atoms with van der Waals surface area (Å²) in [5.74, 6) is -0.782. The van der Waals surface area contributed by atoms with E-state index in [-0.39, 0.29) is 5.91 Å². The van der Waals surface area contributed by atoms with E-state index in [0.717, 1.165) is 15.0 Å². The van der Waals surface area contributed by atoms with Crippen LogP contribution in [0.1, 0.15) is 15.2 Å². The minimum atomic E-state index is -0.432. The van der Waals surface area contributed by atoms with E-state index >= 15 is 0 Å². The second-order valence-corrected chi connectivity index (χ2v) is 8.29. The average Bonchev–Trinajstić information content (AvgIpc) is 3.04. The largest absolute Gasteiger partial charge is 0.379 e. The lowest BCUT2D eigenvalue weighted by Gasteiger charge is -2.12. The molecule has 29 heavy (non-hydrogen) atoms. The van der Waals surface area contributed by atoms with Gasteiger partial charge in [0, 0.05) is 25.7 Å². The third kappa shape index (κ3) is 4.37. The molecule has 0 spiro atoms. The maximum absolute atomic E-state index is 13.8. The van der Waals surface area contributed by atoms with Crippen LogP contribution in [0, 0.1) is 5.82 Å². The van der Waals surface area contributed by atoms with Gasteiger partial charge in [-0.25, -0.2) is 4.39 Å². The first kappa shape index (κ1) is 19.7. The molecule has 0 aliphatic carbocycles. The third-order valence-corrected chi connectivity index (χ3v) is 6.34. The molecular weight excluding hydrogens is 430 g/mol. The predicted molar refractivity (Wildman–Crippen MR) is 120 cm³/mol. The maximum Gasteiger partial charge on any atom is 0.257 e. The number of halogens is 3. The Hall–Kier alpha value is -2.60. The molecule has 0 atom stereocenters. The molecule has 0 fully saturated rings. The SMILES string of the molecule is O=C(Nc1ccc(Cl)cc1)c1ccc(F)cc1NCc1sc2ccccc2c1Cl. The number of thiophene rings is 1. The lowest BCUT2D eigenvalue weighted by Crippen LogP contribution is -2.15. The van der Waals surface area contributed by atoms with Crippen LogP contribution in [0.2, 0.25) is 10.0 Å². The summed E-state index contributed by atoms with van der Waals surface area (Å²) in [4.78, 5) is 13.6. The van der Waals surface area contributed by atoms with Gasteiger partial charge in [0.15, 0.2) is 0 Å². The Labute approximate surface area is 181 Å². The maximum atomic E-state index is 13.8. The first-order valence-electron chi connectivity index (χ1n) is 8.77. The van der Waals surface area contributed by atoms with E-state index in [1.54, 1.807) is 35.6 Å². The summed E-state index contributed by atoms with van der Waals surface area (Å²) < 4.78 is 14.9. The van der Waals surface area contributed by atoms with Crippen molar-refractivity contribution in [2.75, 3.05) is 10.6 Å². The first-order valence-corrected chi connectivity index (χ1v) is 10.3. The Kier molecular flexibility index (Phi) is 5.72. The molecule has 3 nitrogen and oxygen atoms in total. The van der Waals surface area contributed by atoms with Crippen molar-refractivity contribution < 1.29 is 9.18 Å². The van der Waals surface area contributed by atoms with Gasteiger partial charge in [0.25, 0.3) is 5.91 Å². The minimum absolute atomic E-state index is 0.332. The van der Waals surface area contributed by atoms with Crippen LogP contribution in [0.15, 0.2) is 66.7 Å². The van der Waals surface area contributed by atoms with E-state index in [1.165, 1.54) is 18.2 Å². The third-order valence-electron chi connectivity index (χ3n) is 4.37. The molecule has 0 aliphatic heterocycles. The lowest BCUT2D eigenvalue weighted by molar-refractivity contribution is 0.102. The molecule has 4 rings (SSSR count). The summed E-state index contributed by atoms with van der Waals surface area (Å²) in [5, 5.41) is 8.17. The van der Waals surface area contributed by atoms with Gasteiger partial charge in [0.05, 0.1) is 22.8 Å². The highest BCUT2D eigenvalue weighted by Gasteiger charge is 2.15. The summed E-state index contributed by atoms with van der Waals surface area (Å²) in [6.07, 6.45) is 0. The highest BCUT2D eigenvalue weighted by Crippen LogP contribution is 2.35. The van der Waals surface area contributed by atoms with Gasteiger partial charge in [-0.1, -0.05) is 41.4 Å². The number of carbonyl (C=O) groups is 1. The van der Waals surface area contributed by atoms with Gasteiger partial charge < -0.3 is 10.6 Å². The van der Waals surface area contributed by atoms with Crippen LogP contribution < -0.4 is 10.6 Å². The molecule has 2 N–H and O–H groups in total. The van der Waals surface area contributed by atoms with Crippen molar-refractivity contribution in [3.8, 4) is 0 Å². The van der Waals surface area contributed by atoms with Gasteiger partial charge >= 0.3 is 0 Å². The smallest absolute Gasteiger partial charge is 0.257 e. The van der Waals surface area contributed by atoms with E-state index < -0.39 is 5.82 Å². The summed E-state index contributed by atoms with van der Waals surface area (Å²) >= 11 is 13.9. The molecule has 1 amide bonds. The number of fused-ring (bicyclic) bond motifs is 1. The molecular formula is C22H15Cl2FN2OS. The van der Waals surface area contributed by atoms with E-state index in [2.05, 4.69) is 10.6 Å². The van der Waals surface area contributed by atoms with Gasteiger partial charge in [0.1, 0.15) is 5.82 Å². The minimum Gasteiger partial charge on any atom is -0.379 e. The fourth-order valence-corrected chi connectivity index (χ4v) is 4.51. The molecule has 1 aromatic heterocycles. The number of benzene rings is 3. The number of amides is 1. The molecule has 0 aliphatic rings. The monoisotopic (exact) mass is 444 g/mol. The van der Waals surface area contributed by atoms with Crippen LogP contribution in [0.5, 0.6) is 0 Å². The summed E-state index contributed by atoms with van der Waals surface area (Å²) in [6, 6.07) is 18.6. The number of hydrogen-bond donors (Lipinski definition) is 2. The number of nitrogens with one attached hydrogen (secondary N) is 2. The molecule has 0 bridgehead atoms. The standard InChI is InChI=1S/C22H15Cl2FN2OS/c23-13-5-8-15(9-6-13)27-22(28)16-10-7-14(25)11-18(16)26-12-20-21(24)17-3-1-2-4-19(17)29-20/h1-11,26H,12H2,(H,27,28). The topological polar surface area (TPSA) is 41.1 Å². The predicted octanol–water partition coefficient (Wildman–Crippen LogP) is 7.21. The van der Waals surface area contributed by atoms with Crippen molar-refractivity contribution in [3.05, 3.63) is 93.0 Å². The molecule has 3 aromatic carbocycles. The average molecular weight is 445 g/mol.